The molecule has 0 amide bonds. The second-order valence-corrected chi connectivity index (χ2v) is 4.38. The first-order chi connectivity index (χ1) is 9.49. The Kier molecular flexibility index (Phi) is 2.89. The van der Waals surface area contributed by atoms with E-state index >= 15 is 0 Å². The average molecular weight is 284 g/mol. The normalized spacial score (nSPS) is 17.9. The number of aromatic nitrogens is 3. The fourth-order valence-corrected chi connectivity index (χ4v) is 2.10. The minimum atomic E-state index is -4.55. The lowest BCUT2D eigenvalue weighted by Gasteiger charge is -2.07. The van der Waals surface area contributed by atoms with E-state index in [2.05, 4.69) is 15.4 Å². The van der Waals surface area contributed by atoms with Crippen molar-refractivity contribution >= 4 is 0 Å². The molecule has 20 heavy (non-hydrogen) atoms. The van der Waals surface area contributed by atoms with Crippen LogP contribution in [0.3, 0.4) is 0 Å². The molecule has 0 radical (unpaired) electrons. The largest absolute Gasteiger partial charge is 0.491 e. The van der Waals surface area contributed by atoms with Gasteiger partial charge < -0.3 is 10.1 Å². The van der Waals surface area contributed by atoms with Crippen molar-refractivity contribution in [1.82, 2.24) is 20.1 Å². The lowest BCUT2D eigenvalue weighted by molar-refractivity contribution is -0.144. The molecule has 2 heterocycles. The first kappa shape index (κ1) is 12.9. The molecule has 0 saturated carbocycles. The number of ether oxygens (including phenoxy) is 1. The van der Waals surface area contributed by atoms with Gasteiger partial charge >= 0.3 is 6.18 Å². The van der Waals surface area contributed by atoms with Gasteiger partial charge in [-0.25, -0.2) is 9.67 Å². The van der Waals surface area contributed by atoms with E-state index in [-0.39, 0.29) is 6.04 Å². The minimum Gasteiger partial charge on any atom is -0.491 e. The number of alkyl halides is 3. The maximum atomic E-state index is 12.5. The molecule has 1 atom stereocenters. The van der Waals surface area contributed by atoms with Gasteiger partial charge in [0.2, 0.25) is 0 Å². The van der Waals surface area contributed by atoms with Crippen molar-refractivity contribution in [3.8, 4) is 11.4 Å². The van der Waals surface area contributed by atoms with Crippen LogP contribution in [0.4, 0.5) is 13.2 Å². The zero-order chi connectivity index (χ0) is 14.3. The highest BCUT2D eigenvalue weighted by molar-refractivity contribution is 5.47. The zero-order valence-corrected chi connectivity index (χ0v) is 10.5. The molecular formula is C12H11F3N4O. The predicted octanol–water partition coefficient (Wildman–Crippen LogP) is 1.94. The van der Waals surface area contributed by atoms with Gasteiger partial charge in [-0.3, -0.25) is 0 Å². The van der Waals surface area contributed by atoms with E-state index in [4.69, 9.17) is 4.74 Å². The molecule has 1 aromatic carbocycles. The summed E-state index contributed by atoms with van der Waals surface area (Å²) in [6.45, 7) is 0.500. The molecule has 0 bridgehead atoms. The van der Waals surface area contributed by atoms with Gasteiger partial charge in [0.15, 0.2) is 0 Å². The van der Waals surface area contributed by atoms with Crippen LogP contribution in [0.15, 0.2) is 24.5 Å². The molecule has 0 saturated heterocycles. The quantitative estimate of drug-likeness (QED) is 0.915. The number of likely N-dealkylation sites (N-methyl/N-ethyl adjacent to an activating group) is 1. The summed E-state index contributed by atoms with van der Waals surface area (Å²) in [4.78, 5) is 3.26. The number of benzene rings is 1. The Bertz CT molecular complexity index is 638. The summed E-state index contributed by atoms with van der Waals surface area (Å²) in [5.74, 6) is -0.516. The molecule has 1 unspecified atom stereocenters. The van der Waals surface area contributed by atoms with Crippen molar-refractivity contribution in [2.75, 3.05) is 13.7 Å². The van der Waals surface area contributed by atoms with E-state index in [0.717, 1.165) is 16.6 Å². The summed E-state index contributed by atoms with van der Waals surface area (Å²) in [5, 5.41) is 6.52. The average Bonchev–Trinajstić information content (AvgIpc) is 3.04. The van der Waals surface area contributed by atoms with Gasteiger partial charge in [0, 0.05) is 11.6 Å². The van der Waals surface area contributed by atoms with Crippen molar-refractivity contribution in [1.29, 1.82) is 0 Å². The van der Waals surface area contributed by atoms with E-state index in [1.807, 2.05) is 13.1 Å². The van der Waals surface area contributed by atoms with Gasteiger partial charge in [0.25, 0.3) is 5.82 Å². The standard InChI is InChI=1S/C12H11F3N4O/c1-16-9-5-20-10-4-7(2-3-8(9)10)19-6-17-11(18-19)12(13,14)15/h2-4,6,9,16H,5H2,1H3. The Labute approximate surface area is 112 Å². The Morgan fingerprint density at radius 2 is 2.20 bits per heavy atom. The number of halogens is 3. The maximum Gasteiger partial charge on any atom is 0.453 e. The highest BCUT2D eigenvalue weighted by Crippen LogP contribution is 2.34. The Morgan fingerprint density at radius 3 is 2.85 bits per heavy atom. The number of hydrogen-bond donors (Lipinski definition) is 1. The third kappa shape index (κ3) is 2.11. The van der Waals surface area contributed by atoms with Crippen LogP contribution < -0.4 is 10.1 Å². The number of rotatable bonds is 2. The molecule has 1 N–H and O–H groups in total. The lowest BCUT2D eigenvalue weighted by atomic mass is 10.1. The summed E-state index contributed by atoms with van der Waals surface area (Å²) in [7, 11) is 1.82. The van der Waals surface area contributed by atoms with Crippen LogP contribution in [0.2, 0.25) is 0 Å². The molecule has 8 heteroatoms. The lowest BCUT2D eigenvalue weighted by Crippen LogP contribution is -2.17. The molecule has 0 aliphatic carbocycles. The summed E-state index contributed by atoms with van der Waals surface area (Å²) in [6, 6.07) is 5.25. The number of hydrogen-bond acceptors (Lipinski definition) is 4. The highest BCUT2D eigenvalue weighted by atomic mass is 19.4. The van der Waals surface area contributed by atoms with E-state index < -0.39 is 12.0 Å². The molecule has 3 rings (SSSR count). The minimum absolute atomic E-state index is 0.0977. The van der Waals surface area contributed by atoms with Crippen LogP contribution >= 0.6 is 0 Å². The summed E-state index contributed by atoms with van der Waals surface area (Å²) < 4.78 is 44.0. The summed E-state index contributed by atoms with van der Waals surface area (Å²) in [6.07, 6.45) is -3.51. The fraction of sp³-hybridized carbons (Fsp3) is 0.333. The van der Waals surface area contributed by atoms with Crippen molar-refractivity contribution in [3.63, 3.8) is 0 Å². The molecule has 0 fully saturated rings. The first-order valence-electron chi connectivity index (χ1n) is 5.92. The Balaban J connectivity index is 1.94. The SMILES string of the molecule is CNC1COc2cc(-n3cnc(C(F)(F)F)n3)ccc21. The second-order valence-electron chi connectivity index (χ2n) is 4.38. The molecule has 2 aromatic rings. The monoisotopic (exact) mass is 284 g/mol. The third-order valence-electron chi connectivity index (χ3n) is 3.14. The molecule has 1 aliphatic rings. The molecule has 1 aromatic heterocycles. The van der Waals surface area contributed by atoms with Crippen molar-refractivity contribution < 1.29 is 17.9 Å². The molecule has 0 spiro atoms. The van der Waals surface area contributed by atoms with Gasteiger partial charge in [0.05, 0.1) is 11.7 Å². The van der Waals surface area contributed by atoms with Crippen LogP contribution in [0.5, 0.6) is 5.75 Å². The van der Waals surface area contributed by atoms with Gasteiger partial charge in [-0.05, 0) is 13.1 Å². The second kappa shape index (κ2) is 4.48. The molecule has 1 aliphatic heterocycles. The Morgan fingerprint density at radius 1 is 1.40 bits per heavy atom. The molecule has 5 nitrogen and oxygen atoms in total. The van der Waals surface area contributed by atoms with Crippen molar-refractivity contribution in [3.05, 3.63) is 35.9 Å². The molecule has 106 valence electrons. The van der Waals surface area contributed by atoms with E-state index in [1.165, 1.54) is 0 Å². The topological polar surface area (TPSA) is 52.0 Å². The number of fused-ring (bicyclic) bond motifs is 1. The maximum absolute atomic E-state index is 12.5. The van der Waals surface area contributed by atoms with E-state index in [1.54, 1.807) is 12.1 Å². The summed E-state index contributed by atoms with van der Waals surface area (Å²) in [5.41, 5.74) is 1.45. The van der Waals surface area contributed by atoms with Crippen LogP contribution in [0.1, 0.15) is 17.4 Å². The van der Waals surface area contributed by atoms with Crippen molar-refractivity contribution in [2.45, 2.75) is 12.2 Å². The summed E-state index contributed by atoms with van der Waals surface area (Å²) >= 11 is 0. The van der Waals surface area contributed by atoms with Crippen LogP contribution in [-0.2, 0) is 6.18 Å². The smallest absolute Gasteiger partial charge is 0.453 e. The number of nitrogens with one attached hydrogen (secondary N) is 1. The zero-order valence-electron chi connectivity index (χ0n) is 10.5. The van der Waals surface area contributed by atoms with Gasteiger partial charge in [-0.15, -0.1) is 5.10 Å². The highest BCUT2D eigenvalue weighted by Gasteiger charge is 2.36. The predicted molar refractivity (Wildman–Crippen MR) is 63.7 cm³/mol. The van der Waals surface area contributed by atoms with Gasteiger partial charge in [0.1, 0.15) is 18.7 Å². The first-order valence-corrected chi connectivity index (χ1v) is 5.92. The fourth-order valence-electron chi connectivity index (χ4n) is 2.10. The number of nitrogens with zero attached hydrogens (tertiary/aromatic N) is 3. The van der Waals surface area contributed by atoms with Crippen LogP contribution in [-0.4, -0.2) is 28.4 Å². The third-order valence-corrected chi connectivity index (χ3v) is 3.14. The van der Waals surface area contributed by atoms with E-state index in [9.17, 15) is 13.2 Å². The van der Waals surface area contributed by atoms with Gasteiger partial charge in [-0.2, -0.15) is 13.2 Å². The van der Waals surface area contributed by atoms with E-state index in [0.29, 0.717) is 18.0 Å². The van der Waals surface area contributed by atoms with Crippen molar-refractivity contribution in [2.24, 2.45) is 0 Å². The van der Waals surface area contributed by atoms with Crippen LogP contribution in [0, 0.1) is 0 Å². The van der Waals surface area contributed by atoms with Gasteiger partial charge in [-0.1, -0.05) is 6.07 Å². The van der Waals surface area contributed by atoms with Crippen LogP contribution in [0.25, 0.3) is 5.69 Å². The molecular weight excluding hydrogens is 273 g/mol. The Hall–Kier alpha value is -2.09.